The van der Waals surface area contributed by atoms with Crippen LogP contribution in [0.1, 0.15) is 54.4 Å². The Hall–Kier alpha value is -3.79. The minimum Gasteiger partial charge on any atom is -0.494 e. The van der Waals surface area contributed by atoms with E-state index in [9.17, 15) is 4.79 Å². The zero-order valence-electron chi connectivity index (χ0n) is 27.4. The first-order valence-corrected chi connectivity index (χ1v) is 18.1. The molecule has 3 aliphatic heterocycles. The van der Waals surface area contributed by atoms with Gasteiger partial charge in [-0.2, -0.15) is 0 Å². The number of nitrogens with zero attached hydrogens (tertiary/aromatic N) is 5. The number of carbonyl (C=O) groups is 1. The quantitative estimate of drug-likeness (QED) is 0.142. The van der Waals surface area contributed by atoms with Gasteiger partial charge in [0.15, 0.2) is 0 Å². The number of hydrogen-bond donors (Lipinski definition) is 0. The smallest absolute Gasteiger partial charge is 0.256 e. The van der Waals surface area contributed by atoms with Gasteiger partial charge in [-0.3, -0.25) is 9.79 Å². The van der Waals surface area contributed by atoms with Gasteiger partial charge < -0.3 is 24.2 Å². The molecule has 0 bridgehead atoms. The summed E-state index contributed by atoms with van der Waals surface area (Å²) in [5, 5.41) is 1.04. The maximum atomic E-state index is 13.0. The predicted molar refractivity (Wildman–Crippen MR) is 191 cm³/mol. The van der Waals surface area contributed by atoms with Crippen molar-refractivity contribution in [1.82, 2.24) is 19.7 Å². The molecule has 1 amide bonds. The third-order valence-corrected chi connectivity index (χ3v) is 10.7. The number of rotatable bonds is 13. The van der Waals surface area contributed by atoms with Crippen LogP contribution in [0, 0.1) is 6.92 Å². The predicted octanol–water partition coefficient (Wildman–Crippen LogP) is 7.23. The Morgan fingerprint density at radius 1 is 0.851 bits per heavy atom. The zero-order chi connectivity index (χ0) is 32.0. The summed E-state index contributed by atoms with van der Waals surface area (Å²) in [4.78, 5) is 29.6. The van der Waals surface area contributed by atoms with Crippen LogP contribution < -0.4 is 9.47 Å². The van der Waals surface area contributed by atoms with Gasteiger partial charge in [-0.05, 0) is 94.4 Å². The summed E-state index contributed by atoms with van der Waals surface area (Å²) >= 11 is 1.72. The molecule has 246 valence electrons. The molecule has 2 saturated heterocycles. The molecule has 4 aromatic rings. The van der Waals surface area contributed by atoms with Crippen molar-refractivity contribution >= 4 is 39.4 Å². The Kier molecular flexibility index (Phi) is 10.1. The summed E-state index contributed by atoms with van der Waals surface area (Å²) in [6.45, 7) is 11.0. The maximum Gasteiger partial charge on any atom is 0.256 e. The summed E-state index contributed by atoms with van der Waals surface area (Å²) in [6.07, 6.45) is 8.32. The Balaban J connectivity index is 0.764. The van der Waals surface area contributed by atoms with E-state index in [1.165, 1.54) is 4.70 Å². The Morgan fingerprint density at radius 2 is 1.62 bits per heavy atom. The number of benzene rings is 3. The minimum absolute atomic E-state index is 0.0997. The van der Waals surface area contributed by atoms with Crippen molar-refractivity contribution in [2.75, 3.05) is 59.0 Å². The Labute approximate surface area is 282 Å². The zero-order valence-corrected chi connectivity index (χ0v) is 28.2. The molecule has 47 heavy (non-hydrogen) atoms. The molecule has 0 radical (unpaired) electrons. The molecule has 3 aliphatic rings. The number of fused-ring (bicyclic) bond motifs is 3. The second-order valence-electron chi connectivity index (χ2n) is 12.9. The third-order valence-electron chi connectivity index (χ3n) is 9.57. The summed E-state index contributed by atoms with van der Waals surface area (Å²) in [7, 11) is 0. The van der Waals surface area contributed by atoms with E-state index < -0.39 is 0 Å². The normalized spacial score (nSPS) is 18.4. The molecule has 0 saturated carbocycles. The molecule has 0 unspecified atom stereocenters. The van der Waals surface area contributed by atoms with Crippen LogP contribution in [-0.4, -0.2) is 96.9 Å². The Bertz CT molecular complexity index is 1680. The standard InChI is InChI=1S/C38H45N5O3S/c1-28-24-32-34(39-27-30-11-9-17-43(30)38(32)44)26-35(28)46-23-7-5-16-42-20-18-41(19-21-42)15-4-6-22-45-31-12-8-10-29(25-31)37-40-33-13-2-3-14-36(33)47-37/h2-3,8,10,12-14,24-27,30H,4-7,9,11,15-23H2,1H3/t30-/m0/s1. The summed E-state index contributed by atoms with van der Waals surface area (Å²) in [6, 6.07) is 20.6. The van der Waals surface area contributed by atoms with Gasteiger partial charge in [0.05, 0.1) is 40.7 Å². The number of ether oxygens (including phenoxy) is 2. The van der Waals surface area contributed by atoms with Crippen molar-refractivity contribution < 1.29 is 14.3 Å². The largest absolute Gasteiger partial charge is 0.494 e. The number of aromatic nitrogens is 1. The first-order valence-electron chi connectivity index (χ1n) is 17.3. The molecule has 0 spiro atoms. The van der Waals surface area contributed by atoms with Crippen LogP contribution in [0.25, 0.3) is 20.8 Å². The van der Waals surface area contributed by atoms with Gasteiger partial charge in [0, 0.05) is 50.6 Å². The first-order chi connectivity index (χ1) is 23.1. The van der Waals surface area contributed by atoms with Crippen LogP contribution >= 0.6 is 11.3 Å². The van der Waals surface area contributed by atoms with Crippen LogP contribution in [0.2, 0.25) is 0 Å². The third kappa shape index (κ3) is 7.69. The minimum atomic E-state index is 0.0997. The molecular formula is C38H45N5O3S. The van der Waals surface area contributed by atoms with Gasteiger partial charge in [0.1, 0.15) is 16.5 Å². The molecule has 1 atom stereocenters. The van der Waals surface area contributed by atoms with Gasteiger partial charge in [-0.15, -0.1) is 11.3 Å². The van der Waals surface area contributed by atoms with Crippen molar-refractivity contribution in [2.24, 2.45) is 4.99 Å². The highest BCUT2D eigenvalue weighted by Gasteiger charge is 2.32. The van der Waals surface area contributed by atoms with Crippen molar-refractivity contribution in [2.45, 2.75) is 51.5 Å². The summed E-state index contributed by atoms with van der Waals surface area (Å²) < 4.78 is 13.5. The second kappa shape index (κ2) is 15.0. The molecular weight excluding hydrogens is 607 g/mol. The number of aryl methyl sites for hydroxylation is 1. The summed E-state index contributed by atoms with van der Waals surface area (Å²) in [5.41, 5.74) is 4.60. The maximum absolute atomic E-state index is 13.0. The molecule has 0 aliphatic carbocycles. The highest BCUT2D eigenvalue weighted by atomic mass is 32.1. The lowest BCUT2D eigenvalue weighted by Crippen LogP contribution is -2.46. The Morgan fingerprint density at radius 3 is 2.40 bits per heavy atom. The van der Waals surface area contributed by atoms with E-state index in [1.807, 2.05) is 42.3 Å². The van der Waals surface area contributed by atoms with E-state index in [0.717, 1.165) is 130 Å². The number of amides is 1. The van der Waals surface area contributed by atoms with Gasteiger partial charge in [0.2, 0.25) is 0 Å². The lowest BCUT2D eigenvalue weighted by molar-refractivity contribution is 0.0774. The number of para-hydroxylation sites is 1. The van der Waals surface area contributed by atoms with Crippen LogP contribution in [0.5, 0.6) is 11.5 Å². The number of hydrogen-bond acceptors (Lipinski definition) is 8. The van der Waals surface area contributed by atoms with E-state index in [1.54, 1.807) is 11.3 Å². The fourth-order valence-electron chi connectivity index (χ4n) is 6.83. The van der Waals surface area contributed by atoms with Crippen molar-refractivity contribution in [3.05, 3.63) is 71.8 Å². The first kappa shape index (κ1) is 31.8. The monoisotopic (exact) mass is 651 g/mol. The molecule has 9 heteroatoms. The average Bonchev–Trinajstić information content (AvgIpc) is 3.73. The van der Waals surface area contributed by atoms with Crippen LogP contribution in [0.15, 0.2) is 65.7 Å². The molecule has 3 aromatic carbocycles. The van der Waals surface area contributed by atoms with E-state index in [0.29, 0.717) is 12.2 Å². The molecule has 2 fully saturated rings. The van der Waals surface area contributed by atoms with Crippen molar-refractivity contribution in [3.63, 3.8) is 0 Å². The number of carbonyl (C=O) groups excluding carboxylic acids is 1. The van der Waals surface area contributed by atoms with Crippen molar-refractivity contribution in [3.8, 4) is 22.1 Å². The van der Waals surface area contributed by atoms with Crippen molar-refractivity contribution in [1.29, 1.82) is 0 Å². The fourth-order valence-corrected chi connectivity index (χ4v) is 7.79. The van der Waals surface area contributed by atoms with E-state index in [-0.39, 0.29) is 11.9 Å². The molecule has 1 aromatic heterocycles. The molecule has 4 heterocycles. The molecule has 0 N–H and O–H groups in total. The second-order valence-corrected chi connectivity index (χ2v) is 14.0. The highest BCUT2D eigenvalue weighted by Crippen LogP contribution is 2.34. The molecule has 7 rings (SSSR count). The fraction of sp³-hybridized carbons (Fsp3) is 0.447. The van der Waals surface area contributed by atoms with Gasteiger partial charge in [-0.1, -0.05) is 24.3 Å². The summed E-state index contributed by atoms with van der Waals surface area (Å²) in [5.74, 6) is 1.86. The molecule has 8 nitrogen and oxygen atoms in total. The number of thiazole rings is 1. The number of unbranched alkanes of at least 4 members (excludes halogenated alkanes) is 2. The van der Waals surface area contributed by atoms with Crippen LogP contribution in [0.4, 0.5) is 5.69 Å². The van der Waals surface area contributed by atoms with Crippen LogP contribution in [-0.2, 0) is 0 Å². The number of aliphatic imine (C=N–C) groups is 1. The van der Waals surface area contributed by atoms with Gasteiger partial charge >= 0.3 is 0 Å². The van der Waals surface area contributed by atoms with E-state index in [4.69, 9.17) is 14.5 Å². The SMILES string of the molecule is Cc1cc2c(cc1OCCCCN1CCN(CCCCOc3cccc(-c4nc5ccccc5s4)c3)CC1)N=C[C@@H]1CCCN1C2=O. The number of piperazine rings is 1. The highest BCUT2D eigenvalue weighted by molar-refractivity contribution is 7.21. The lowest BCUT2D eigenvalue weighted by Gasteiger charge is -2.34. The topological polar surface area (TPSA) is 70.5 Å². The van der Waals surface area contributed by atoms with E-state index >= 15 is 0 Å². The van der Waals surface area contributed by atoms with E-state index in [2.05, 4.69) is 51.2 Å². The van der Waals surface area contributed by atoms with Gasteiger partial charge in [0.25, 0.3) is 5.91 Å². The lowest BCUT2D eigenvalue weighted by atomic mass is 10.1. The van der Waals surface area contributed by atoms with Gasteiger partial charge in [-0.25, -0.2) is 4.98 Å². The van der Waals surface area contributed by atoms with Crippen LogP contribution in [0.3, 0.4) is 0 Å². The average molecular weight is 652 g/mol.